The van der Waals surface area contributed by atoms with E-state index in [4.69, 9.17) is 4.74 Å². The number of hydrogen-bond donors (Lipinski definition) is 2. The lowest BCUT2D eigenvalue weighted by Crippen LogP contribution is -2.52. The highest BCUT2D eigenvalue weighted by Crippen LogP contribution is 2.43. The van der Waals surface area contributed by atoms with Crippen LogP contribution in [0.25, 0.3) is 33.2 Å². The lowest BCUT2D eigenvalue weighted by Gasteiger charge is -2.45. The van der Waals surface area contributed by atoms with Gasteiger partial charge < -0.3 is 19.9 Å². The number of ether oxygens (including phenoxy) is 1. The van der Waals surface area contributed by atoms with Crippen molar-refractivity contribution in [1.29, 1.82) is 0 Å². The second kappa shape index (κ2) is 7.44. The van der Waals surface area contributed by atoms with Crippen molar-refractivity contribution >= 4 is 33.9 Å². The molecule has 0 aliphatic heterocycles. The van der Waals surface area contributed by atoms with Gasteiger partial charge in [-0.05, 0) is 30.5 Å². The van der Waals surface area contributed by atoms with Crippen LogP contribution in [0.15, 0.2) is 36.8 Å². The lowest BCUT2D eigenvalue weighted by molar-refractivity contribution is -0.143. The number of aromatic amines is 1. The highest BCUT2D eigenvalue weighted by molar-refractivity contribution is 5.99. The molecule has 1 fully saturated rings. The monoisotopic (exact) mass is 431 g/mol. The van der Waals surface area contributed by atoms with Gasteiger partial charge in [-0.1, -0.05) is 13.0 Å². The molecule has 0 saturated heterocycles. The number of benzene rings is 1. The molecule has 9 heteroatoms. The minimum atomic E-state index is -0.339. The van der Waals surface area contributed by atoms with Crippen LogP contribution >= 0.6 is 0 Å². The molecule has 164 valence electrons. The summed E-state index contributed by atoms with van der Waals surface area (Å²) >= 11 is 0. The van der Waals surface area contributed by atoms with Gasteiger partial charge in [-0.15, -0.1) is 0 Å². The first-order chi connectivity index (χ1) is 15.4. The topological polar surface area (TPSA) is 109 Å². The Morgan fingerprint density at radius 3 is 2.66 bits per heavy atom. The molecule has 0 bridgehead atoms. The van der Waals surface area contributed by atoms with Crippen LogP contribution in [0.3, 0.4) is 0 Å². The number of hydrogen-bond acceptors (Lipinski definition) is 7. The maximum absolute atomic E-state index is 12.4. The molecule has 0 spiro atoms. The van der Waals surface area contributed by atoms with Crippen LogP contribution in [0.5, 0.6) is 5.88 Å². The number of fused-ring (bicyclic) bond motifs is 2. The molecule has 32 heavy (non-hydrogen) atoms. The zero-order valence-corrected chi connectivity index (χ0v) is 18.5. The first-order valence-electron chi connectivity index (χ1n) is 10.5. The van der Waals surface area contributed by atoms with E-state index in [2.05, 4.69) is 30.2 Å². The Morgan fingerprint density at radius 1 is 1.19 bits per heavy atom. The zero-order valence-electron chi connectivity index (χ0n) is 18.5. The normalized spacial score (nSPS) is 20.2. The number of carbonyl (C=O) groups is 1. The SMILES string of the molecule is COc1nc(N[C@H]2C[C@](C)(C(=O)N(C)C)C2)nc2[nH]cc(-c3ccc4nccnc4c3)c12. The van der Waals surface area contributed by atoms with Gasteiger partial charge in [0.2, 0.25) is 17.7 Å². The molecule has 9 nitrogen and oxygen atoms in total. The first kappa shape index (κ1) is 20.2. The van der Waals surface area contributed by atoms with Crippen LogP contribution in [-0.4, -0.2) is 63.0 Å². The number of carbonyl (C=O) groups excluding carboxylic acids is 1. The van der Waals surface area contributed by atoms with Crippen LogP contribution in [0.4, 0.5) is 5.95 Å². The van der Waals surface area contributed by atoms with E-state index in [1.807, 2.05) is 31.3 Å². The predicted octanol–water partition coefficient (Wildman–Crippen LogP) is 3.25. The number of nitrogens with one attached hydrogen (secondary N) is 2. The molecular weight excluding hydrogens is 406 g/mol. The third-order valence-electron chi connectivity index (χ3n) is 6.12. The van der Waals surface area contributed by atoms with Gasteiger partial charge in [0, 0.05) is 44.3 Å². The third-order valence-corrected chi connectivity index (χ3v) is 6.12. The Bertz CT molecular complexity index is 1320. The predicted molar refractivity (Wildman–Crippen MR) is 122 cm³/mol. The second-order valence-electron chi connectivity index (χ2n) is 8.75. The van der Waals surface area contributed by atoms with Crippen molar-refractivity contribution in [3.8, 4) is 17.0 Å². The minimum Gasteiger partial charge on any atom is -0.480 e. The van der Waals surface area contributed by atoms with Gasteiger partial charge in [-0.2, -0.15) is 9.97 Å². The maximum atomic E-state index is 12.4. The number of aromatic nitrogens is 5. The quantitative estimate of drug-likeness (QED) is 0.499. The van der Waals surface area contributed by atoms with Gasteiger partial charge in [0.15, 0.2) is 0 Å². The van der Waals surface area contributed by atoms with Crippen molar-refractivity contribution in [1.82, 2.24) is 29.8 Å². The molecular formula is C23H25N7O2. The van der Waals surface area contributed by atoms with Gasteiger partial charge in [-0.3, -0.25) is 14.8 Å². The van der Waals surface area contributed by atoms with E-state index in [0.717, 1.165) is 40.4 Å². The molecule has 0 atom stereocenters. The number of methoxy groups -OCH3 is 1. The van der Waals surface area contributed by atoms with Gasteiger partial charge >= 0.3 is 0 Å². The molecule has 5 rings (SSSR count). The van der Waals surface area contributed by atoms with Crippen LogP contribution in [0.1, 0.15) is 19.8 Å². The molecule has 3 heterocycles. The van der Waals surface area contributed by atoms with Crippen molar-refractivity contribution in [3.63, 3.8) is 0 Å². The Balaban J connectivity index is 1.44. The number of amides is 1. The van der Waals surface area contributed by atoms with Gasteiger partial charge in [0.25, 0.3) is 0 Å². The lowest BCUT2D eigenvalue weighted by atomic mass is 9.66. The van der Waals surface area contributed by atoms with E-state index < -0.39 is 0 Å². The number of nitrogens with zero attached hydrogens (tertiary/aromatic N) is 5. The number of anilines is 1. The highest BCUT2D eigenvalue weighted by Gasteiger charge is 2.47. The molecule has 1 aliphatic carbocycles. The van der Waals surface area contributed by atoms with Crippen LogP contribution in [0, 0.1) is 5.41 Å². The molecule has 3 aromatic heterocycles. The summed E-state index contributed by atoms with van der Waals surface area (Å²) in [5.74, 6) is 1.12. The largest absolute Gasteiger partial charge is 0.480 e. The van der Waals surface area contributed by atoms with Crippen molar-refractivity contribution in [3.05, 3.63) is 36.8 Å². The summed E-state index contributed by atoms with van der Waals surface area (Å²) in [6, 6.07) is 6.08. The molecule has 0 radical (unpaired) electrons. The molecule has 1 amide bonds. The van der Waals surface area contributed by atoms with E-state index in [0.29, 0.717) is 17.5 Å². The average Bonchev–Trinajstić information content (AvgIpc) is 3.20. The molecule has 2 N–H and O–H groups in total. The summed E-state index contributed by atoms with van der Waals surface area (Å²) in [7, 11) is 5.19. The smallest absolute Gasteiger partial charge is 0.228 e. The van der Waals surface area contributed by atoms with Crippen molar-refractivity contribution in [2.75, 3.05) is 26.5 Å². The molecule has 1 aromatic carbocycles. The van der Waals surface area contributed by atoms with Gasteiger partial charge in [0.1, 0.15) is 5.65 Å². The van der Waals surface area contributed by atoms with Crippen molar-refractivity contribution < 1.29 is 9.53 Å². The molecule has 1 saturated carbocycles. The second-order valence-corrected chi connectivity index (χ2v) is 8.75. The third kappa shape index (κ3) is 3.30. The van der Waals surface area contributed by atoms with E-state index in [-0.39, 0.29) is 17.4 Å². The van der Waals surface area contributed by atoms with E-state index in [9.17, 15) is 4.79 Å². The summed E-state index contributed by atoms with van der Waals surface area (Å²) in [6.45, 7) is 2.00. The van der Waals surface area contributed by atoms with Crippen LogP contribution in [-0.2, 0) is 4.79 Å². The minimum absolute atomic E-state index is 0.138. The summed E-state index contributed by atoms with van der Waals surface area (Å²) in [4.78, 5) is 35.3. The fourth-order valence-electron chi connectivity index (χ4n) is 4.60. The molecule has 1 aliphatic rings. The van der Waals surface area contributed by atoms with E-state index >= 15 is 0 Å². The first-order valence-corrected chi connectivity index (χ1v) is 10.5. The molecule has 0 unspecified atom stereocenters. The summed E-state index contributed by atoms with van der Waals surface area (Å²) in [6.07, 6.45) is 6.74. The van der Waals surface area contributed by atoms with Crippen molar-refractivity contribution in [2.45, 2.75) is 25.8 Å². The standard InChI is InChI=1S/C23H25N7O2/c1-23(21(31)30(2)3)10-14(11-23)27-22-28-19-18(20(29-22)32-4)15(12-26-19)13-5-6-16-17(9-13)25-8-7-24-16/h5-9,12,14H,10-11H2,1-4H3,(H2,26,27,28,29)/t14-,23-. The number of rotatable bonds is 5. The Morgan fingerprint density at radius 2 is 1.94 bits per heavy atom. The van der Waals surface area contributed by atoms with E-state index in [1.54, 1.807) is 38.5 Å². The fourth-order valence-corrected chi connectivity index (χ4v) is 4.60. The number of H-pyrrole nitrogens is 1. The van der Waals surface area contributed by atoms with Gasteiger partial charge in [0.05, 0.1) is 28.9 Å². The highest BCUT2D eigenvalue weighted by atomic mass is 16.5. The Hall–Kier alpha value is -3.75. The zero-order chi connectivity index (χ0) is 22.5. The maximum Gasteiger partial charge on any atom is 0.228 e. The fraction of sp³-hybridized carbons (Fsp3) is 0.348. The average molecular weight is 432 g/mol. The summed E-state index contributed by atoms with van der Waals surface area (Å²) in [5.41, 5.74) is 3.91. The molecule has 4 aromatic rings. The summed E-state index contributed by atoms with van der Waals surface area (Å²) in [5, 5.41) is 4.16. The Kier molecular flexibility index (Phi) is 4.69. The van der Waals surface area contributed by atoms with E-state index in [1.165, 1.54) is 0 Å². The van der Waals surface area contributed by atoms with Crippen molar-refractivity contribution in [2.24, 2.45) is 5.41 Å². The van der Waals surface area contributed by atoms with Gasteiger partial charge in [-0.25, -0.2) is 0 Å². The Labute approximate surface area is 185 Å². The van der Waals surface area contributed by atoms with Crippen LogP contribution < -0.4 is 10.1 Å². The summed E-state index contributed by atoms with van der Waals surface area (Å²) < 4.78 is 5.62. The van der Waals surface area contributed by atoms with Crippen LogP contribution in [0.2, 0.25) is 0 Å².